The molecule has 4 heteroatoms. The van der Waals surface area contributed by atoms with Crippen molar-refractivity contribution in [2.45, 2.75) is 0 Å². The fraction of sp³-hybridized carbons (Fsp3) is 0.111. The Kier molecular flexibility index (Phi) is 3.42. The number of hydrazine groups is 1. The van der Waals surface area contributed by atoms with Crippen molar-refractivity contribution in [2.24, 2.45) is 11.6 Å². The van der Waals surface area contributed by atoms with Gasteiger partial charge in [-0.3, -0.25) is 5.84 Å². The van der Waals surface area contributed by atoms with Crippen LogP contribution in [0.4, 0.5) is 10.1 Å². The molecule has 0 amide bonds. The lowest BCUT2D eigenvalue weighted by atomic mass is 10.2. The predicted molar refractivity (Wildman–Crippen MR) is 52.3 cm³/mol. The van der Waals surface area contributed by atoms with E-state index < -0.39 is 0 Å². The normalized spacial score (nSPS) is 10.7. The average Bonchev–Trinajstić information content (AvgIpc) is 2.15. The van der Waals surface area contributed by atoms with Gasteiger partial charge in [-0.25, -0.2) is 4.39 Å². The van der Waals surface area contributed by atoms with Crippen LogP contribution in [0.15, 0.2) is 24.3 Å². The maximum atomic E-state index is 13.1. The monoisotopic (exact) mass is 181 g/mol. The molecule has 0 atom stereocenters. The molecule has 13 heavy (non-hydrogen) atoms. The van der Waals surface area contributed by atoms with Crippen LogP contribution in [-0.4, -0.2) is 6.54 Å². The Labute approximate surface area is 76.2 Å². The summed E-state index contributed by atoms with van der Waals surface area (Å²) in [5.74, 6) is 4.70. The van der Waals surface area contributed by atoms with Crippen LogP contribution in [0.5, 0.6) is 0 Å². The molecule has 0 radical (unpaired) electrons. The van der Waals surface area contributed by atoms with Crippen LogP contribution in [0.25, 0.3) is 6.08 Å². The molecule has 0 unspecified atom stereocenters. The topological polar surface area (TPSA) is 64.1 Å². The van der Waals surface area contributed by atoms with E-state index in [9.17, 15) is 4.39 Å². The van der Waals surface area contributed by atoms with E-state index in [1.54, 1.807) is 24.3 Å². The molecule has 0 bridgehead atoms. The summed E-state index contributed by atoms with van der Waals surface area (Å²) in [5, 5.41) is 0. The molecule has 3 nitrogen and oxygen atoms in total. The Morgan fingerprint density at radius 3 is 2.77 bits per heavy atom. The van der Waals surface area contributed by atoms with Crippen molar-refractivity contribution >= 4 is 11.8 Å². The van der Waals surface area contributed by atoms with Gasteiger partial charge in [-0.1, -0.05) is 18.2 Å². The lowest BCUT2D eigenvalue weighted by molar-refractivity contribution is 0.630. The van der Waals surface area contributed by atoms with Gasteiger partial charge >= 0.3 is 0 Å². The molecule has 0 aliphatic heterocycles. The number of nitrogen functional groups attached to an aromatic ring is 1. The van der Waals surface area contributed by atoms with Crippen molar-refractivity contribution in [1.82, 2.24) is 0 Å². The molecule has 0 saturated carbocycles. The first-order valence-electron chi connectivity index (χ1n) is 3.90. The molecule has 70 valence electrons. The van der Waals surface area contributed by atoms with Crippen LogP contribution in [0.3, 0.4) is 0 Å². The van der Waals surface area contributed by atoms with Crippen LogP contribution in [0.1, 0.15) is 5.56 Å². The van der Waals surface area contributed by atoms with Gasteiger partial charge in [0.1, 0.15) is 5.82 Å². The van der Waals surface area contributed by atoms with Gasteiger partial charge in [0.2, 0.25) is 0 Å². The zero-order valence-electron chi connectivity index (χ0n) is 7.13. The summed E-state index contributed by atoms with van der Waals surface area (Å²) in [6.45, 7) is 0.443. The molecule has 0 aliphatic carbocycles. The first-order chi connectivity index (χ1) is 6.27. The molecule has 1 aromatic rings. The van der Waals surface area contributed by atoms with E-state index in [1.165, 1.54) is 6.07 Å². The first-order valence-corrected chi connectivity index (χ1v) is 3.90. The molecular formula is C9H12FN3. The highest BCUT2D eigenvalue weighted by Crippen LogP contribution is 2.15. The SMILES string of the molecule is NCC=Cc1ccc(NN)c(F)c1. The second-order valence-corrected chi connectivity index (χ2v) is 2.52. The average molecular weight is 181 g/mol. The van der Waals surface area contributed by atoms with Crippen LogP contribution < -0.4 is 17.0 Å². The van der Waals surface area contributed by atoms with Crippen molar-refractivity contribution in [3.8, 4) is 0 Å². The number of nitrogens with two attached hydrogens (primary N) is 2. The number of nitrogens with one attached hydrogen (secondary N) is 1. The Hall–Kier alpha value is -1.39. The molecular weight excluding hydrogens is 169 g/mol. The summed E-state index contributed by atoms with van der Waals surface area (Å²) in [6.07, 6.45) is 3.51. The van der Waals surface area contributed by atoms with Crippen molar-refractivity contribution in [2.75, 3.05) is 12.0 Å². The van der Waals surface area contributed by atoms with E-state index >= 15 is 0 Å². The van der Waals surface area contributed by atoms with E-state index in [4.69, 9.17) is 11.6 Å². The first kappa shape index (κ1) is 9.70. The summed E-state index contributed by atoms with van der Waals surface area (Å²) >= 11 is 0. The maximum Gasteiger partial charge on any atom is 0.148 e. The van der Waals surface area contributed by atoms with Gasteiger partial charge in [-0.05, 0) is 17.7 Å². The number of anilines is 1. The van der Waals surface area contributed by atoms with E-state index in [1.807, 2.05) is 0 Å². The van der Waals surface area contributed by atoms with Crippen molar-refractivity contribution in [3.63, 3.8) is 0 Å². The largest absolute Gasteiger partial charge is 0.327 e. The third-order valence-electron chi connectivity index (χ3n) is 1.60. The molecule has 0 spiro atoms. The smallest absolute Gasteiger partial charge is 0.148 e. The Morgan fingerprint density at radius 2 is 2.23 bits per heavy atom. The number of benzene rings is 1. The van der Waals surface area contributed by atoms with E-state index in [0.717, 1.165) is 5.56 Å². The van der Waals surface area contributed by atoms with Gasteiger partial charge in [0.05, 0.1) is 5.69 Å². The molecule has 0 aromatic heterocycles. The summed E-state index contributed by atoms with van der Waals surface area (Å²) < 4.78 is 13.1. The highest BCUT2D eigenvalue weighted by Gasteiger charge is 1.98. The Morgan fingerprint density at radius 1 is 1.46 bits per heavy atom. The van der Waals surface area contributed by atoms with Gasteiger partial charge < -0.3 is 11.2 Å². The fourth-order valence-electron chi connectivity index (χ4n) is 0.956. The van der Waals surface area contributed by atoms with Crippen LogP contribution in [0, 0.1) is 5.82 Å². The number of hydrogen-bond donors (Lipinski definition) is 3. The number of rotatable bonds is 3. The Balaban J connectivity index is 2.89. The molecule has 1 rings (SSSR count). The fourth-order valence-corrected chi connectivity index (χ4v) is 0.956. The number of halogens is 1. The van der Waals surface area contributed by atoms with Crippen LogP contribution >= 0.6 is 0 Å². The molecule has 5 N–H and O–H groups in total. The minimum Gasteiger partial charge on any atom is -0.327 e. The minimum absolute atomic E-state index is 0.282. The van der Waals surface area contributed by atoms with Gasteiger partial charge in [0.15, 0.2) is 0 Å². The summed E-state index contributed by atoms with van der Waals surface area (Å²) in [6, 6.07) is 4.72. The van der Waals surface area contributed by atoms with Gasteiger partial charge in [0.25, 0.3) is 0 Å². The third kappa shape index (κ3) is 2.54. The second-order valence-electron chi connectivity index (χ2n) is 2.52. The van der Waals surface area contributed by atoms with E-state index in [2.05, 4.69) is 5.43 Å². The quantitative estimate of drug-likeness (QED) is 0.483. The van der Waals surface area contributed by atoms with E-state index in [-0.39, 0.29) is 11.5 Å². The molecule has 0 aliphatic rings. The summed E-state index contributed by atoms with van der Waals surface area (Å²) in [5.41, 5.74) is 8.56. The Bertz CT molecular complexity index is 310. The highest BCUT2D eigenvalue weighted by molar-refractivity contribution is 5.55. The van der Waals surface area contributed by atoms with E-state index in [0.29, 0.717) is 6.54 Å². The molecule has 1 aromatic carbocycles. The zero-order chi connectivity index (χ0) is 9.68. The van der Waals surface area contributed by atoms with Gasteiger partial charge in [-0.15, -0.1) is 0 Å². The summed E-state index contributed by atoms with van der Waals surface area (Å²) in [4.78, 5) is 0. The standard InChI is InChI=1S/C9H12FN3/c10-8-6-7(2-1-5-11)3-4-9(8)13-12/h1-4,6,13H,5,11-12H2. The minimum atomic E-state index is -0.373. The van der Waals surface area contributed by atoms with Crippen LogP contribution in [-0.2, 0) is 0 Å². The molecule has 0 heterocycles. The van der Waals surface area contributed by atoms with Crippen molar-refractivity contribution < 1.29 is 4.39 Å². The number of hydrogen-bond acceptors (Lipinski definition) is 3. The summed E-state index contributed by atoms with van der Waals surface area (Å²) in [7, 11) is 0. The lowest BCUT2D eigenvalue weighted by Gasteiger charge is -2.01. The second kappa shape index (κ2) is 4.59. The van der Waals surface area contributed by atoms with Gasteiger partial charge in [-0.2, -0.15) is 0 Å². The predicted octanol–water partition coefficient (Wildman–Crippen LogP) is 1.08. The zero-order valence-corrected chi connectivity index (χ0v) is 7.13. The van der Waals surface area contributed by atoms with Crippen molar-refractivity contribution in [3.05, 3.63) is 35.7 Å². The van der Waals surface area contributed by atoms with Crippen LogP contribution in [0.2, 0.25) is 0 Å². The van der Waals surface area contributed by atoms with Gasteiger partial charge in [0, 0.05) is 6.54 Å². The maximum absolute atomic E-state index is 13.1. The lowest BCUT2D eigenvalue weighted by Crippen LogP contribution is -2.08. The third-order valence-corrected chi connectivity index (χ3v) is 1.60. The highest BCUT2D eigenvalue weighted by atomic mass is 19.1. The van der Waals surface area contributed by atoms with Crippen molar-refractivity contribution in [1.29, 1.82) is 0 Å². The molecule has 0 saturated heterocycles. The molecule has 0 fully saturated rings.